The lowest BCUT2D eigenvalue weighted by Gasteiger charge is -2.16. The largest absolute Gasteiger partial charge is 0.493 e. The van der Waals surface area contributed by atoms with Gasteiger partial charge in [-0.15, -0.1) is 0 Å². The lowest BCUT2D eigenvalue weighted by atomic mass is 9.88. The van der Waals surface area contributed by atoms with Crippen LogP contribution in [0, 0.1) is 17.7 Å². The number of hydrogen-bond acceptors (Lipinski definition) is 4. The standard InChI is InChI=1S/C15H17FO5/c1-20-12-6-10(11(16)7-13(12)21-2)14(17)8-4-3-5-9(8)15(18)19/h6-9H,3-5H2,1-2H3,(H,18,19). The van der Waals surface area contributed by atoms with Crippen LogP contribution in [0.2, 0.25) is 0 Å². The Labute approximate surface area is 121 Å². The second-order valence-electron chi connectivity index (χ2n) is 5.03. The molecule has 0 amide bonds. The maximum absolute atomic E-state index is 14.1. The number of hydrogen-bond donors (Lipinski definition) is 1. The number of methoxy groups -OCH3 is 2. The zero-order valence-corrected chi connectivity index (χ0v) is 11.9. The highest BCUT2D eigenvalue weighted by Crippen LogP contribution is 2.37. The van der Waals surface area contributed by atoms with Crippen molar-refractivity contribution in [2.24, 2.45) is 11.8 Å². The number of ether oxygens (including phenoxy) is 2. The van der Waals surface area contributed by atoms with Crippen molar-refractivity contribution in [3.63, 3.8) is 0 Å². The number of carboxylic acid groups (broad SMARTS) is 1. The second kappa shape index (κ2) is 6.11. The third-order valence-electron chi connectivity index (χ3n) is 3.91. The highest BCUT2D eigenvalue weighted by molar-refractivity contribution is 6.01. The van der Waals surface area contributed by atoms with E-state index in [1.165, 1.54) is 20.3 Å². The van der Waals surface area contributed by atoms with Crippen molar-refractivity contribution in [3.05, 3.63) is 23.5 Å². The summed E-state index contributed by atoms with van der Waals surface area (Å²) < 4.78 is 24.1. The van der Waals surface area contributed by atoms with Crippen molar-refractivity contribution in [1.29, 1.82) is 0 Å². The molecule has 1 aliphatic rings. The molecule has 2 unspecified atom stereocenters. The second-order valence-corrected chi connectivity index (χ2v) is 5.03. The van der Waals surface area contributed by atoms with E-state index in [1.54, 1.807) is 0 Å². The number of Topliss-reactive ketones (excluding diaryl/α,β-unsaturated/α-hetero) is 1. The minimum absolute atomic E-state index is 0.147. The minimum Gasteiger partial charge on any atom is -0.493 e. The van der Waals surface area contributed by atoms with Gasteiger partial charge in [-0.2, -0.15) is 0 Å². The number of rotatable bonds is 5. The van der Waals surface area contributed by atoms with E-state index in [4.69, 9.17) is 14.6 Å². The van der Waals surface area contributed by atoms with E-state index in [0.717, 1.165) is 6.07 Å². The van der Waals surface area contributed by atoms with Gasteiger partial charge in [-0.3, -0.25) is 9.59 Å². The van der Waals surface area contributed by atoms with Crippen LogP contribution < -0.4 is 9.47 Å². The fraction of sp³-hybridized carbons (Fsp3) is 0.467. The predicted octanol–water partition coefficient (Wildman–Crippen LogP) is 2.53. The summed E-state index contributed by atoms with van der Waals surface area (Å²) in [4.78, 5) is 23.6. The molecule has 2 rings (SSSR count). The van der Waals surface area contributed by atoms with Gasteiger partial charge in [-0.1, -0.05) is 6.42 Å². The monoisotopic (exact) mass is 296 g/mol. The summed E-state index contributed by atoms with van der Waals surface area (Å²) in [6.45, 7) is 0. The van der Waals surface area contributed by atoms with E-state index < -0.39 is 29.4 Å². The Balaban J connectivity index is 2.37. The van der Waals surface area contributed by atoms with Crippen LogP contribution in [0.1, 0.15) is 29.6 Å². The number of ketones is 1. The lowest BCUT2D eigenvalue weighted by molar-refractivity contribution is -0.142. The molecule has 0 radical (unpaired) electrons. The Morgan fingerprint density at radius 2 is 1.71 bits per heavy atom. The van der Waals surface area contributed by atoms with E-state index in [2.05, 4.69) is 0 Å². The molecule has 0 spiro atoms. The molecule has 0 aliphatic heterocycles. The first kappa shape index (κ1) is 15.3. The Kier molecular flexibility index (Phi) is 4.45. The minimum atomic E-state index is -1.01. The van der Waals surface area contributed by atoms with Gasteiger partial charge in [-0.25, -0.2) is 4.39 Å². The summed E-state index contributed by atoms with van der Waals surface area (Å²) in [5.41, 5.74) is -0.147. The molecule has 6 heteroatoms. The SMILES string of the molecule is COc1cc(F)c(C(=O)C2CCCC2C(=O)O)cc1OC. The molecule has 0 aromatic heterocycles. The first-order valence-corrected chi connectivity index (χ1v) is 6.68. The molecule has 0 saturated heterocycles. The number of carboxylic acids is 1. The molecule has 0 heterocycles. The van der Waals surface area contributed by atoms with Crippen molar-refractivity contribution in [2.45, 2.75) is 19.3 Å². The van der Waals surface area contributed by atoms with Gasteiger partial charge >= 0.3 is 5.97 Å². The summed E-state index contributed by atoms with van der Waals surface area (Å²) in [7, 11) is 2.76. The zero-order valence-electron chi connectivity index (χ0n) is 11.9. The number of benzene rings is 1. The Hall–Kier alpha value is -2.11. The number of halogens is 1. The molecule has 21 heavy (non-hydrogen) atoms. The van der Waals surface area contributed by atoms with E-state index in [1.807, 2.05) is 0 Å². The Morgan fingerprint density at radius 3 is 2.29 bits per heavy atom. The maximum Gasteiger partial charge on any atom is 0.307 e. The Morgan fingerprint density at radius 1 is 1.14 bits per heavy atom. The van der Waals surface area contributed by atoms with Gasteiger partial charge in [-0.05, 0) is 18.9 Å². The van der Waals surface area contributed by atoms with E-state index in [-0.39, 0.29) is 17.1 Å². The highest BCUT2D eigenvalue weighted by atomic mass is 19.1. The van der Waals surface area contributed by atoms with Gasteiger partial charge in [0.2, 0.25) is 0 Å². The third-order valence-corrected chi connectivity index (χ3v) is 3.91. The van der Waals surface area contributed by atoms with Crippen LogP contribution in [0.15, 0.2) is 12.1 Å². The predicted molar refractivity (Wildman–Crippen MR) is 72.3 cm³/mol. The fourth-order valence-electron chi connectivity index (χ4n) is 2.81. The first-order chi connectivity index (χ1) is 9.99. The van der Waals surface area contributed by atoms with Gasteiger partial charge < -0.3 is 14.6 Å². The molecule has 1 N–H and O–H groups in total. The zero-order chi connectivity index (χ0) is 15.6. The summed E-state index contributed by atoms with van der Waals surface area (Å²) in [5, 5.41) is 9.14. The lowest BCUT2D eigenvalue weighted by Crippen LogP contribution is -2.26. The van der Waals surface area contributed by atoms with E-state index in [9.17, 15) is 14.0 Å². The fourth-order valence-corrected chi connectivity index (χ4v) is 2.81. The van der Waals surface area contributed by atoms with E-state index >= 15 is 0 Å². The van der Waals surface area contributed by atoms with Crippen LogP contribution in [-0.4, -0.2) is 31.1 Å². The van der Waals surface area contributed by atoms with Gasteiger partial charge in [0.25, 0.3) is 0 Å². The highest BCUT2D eigenvalue weighted by Gasteiger charge is 2.39. The molecule has 1 fully saturated rings. The average molecular weight is 296 g/mol. The van der Waals surface area contributed by atoms with Crippen LogP contribution in [0.5, 0.6) is 11.5 Å². The summed E-state index contributed by atoms with van der Waals surface area (Å²) in [6.07, 6.45) is 1.56. The molecular formula is C15H17FO5. The molecule has 2 atom stereocenters. The molecule has 1 aromatic carbocycles. The first-order valence-electron chi connectivity index (χ1n) is 6.68. The quantitative estimate of drug-likeness (QED) is 0.845. The topological polar surface area (TPSA) is 72.8 Å². The average Bonchev–Trinajstić information content (AvgIpc) is 2.95. The number of aliphatic carboxylic acids is 1. The Bertz CT molecular complexity index is 569. The summed E-state index contributed by atoms with van der Waals surface area (Å²) >= 11 is 0. The number of carbonyl (C=O) groups excluding carboxylic acids is 1. The van der Waals surface area contributed by atoms with Crippen LogP contribution in [0.4, 0.5) is 4.39 Å². The van der Waals surface area contributed by atoms with Crippen LogP contribution in [0.3, 0.4) is 0 Å². The maximum atomic E-state index is 14.1. The normalized spacial score (nSPS) is 21.1. The molecule has 5 nitrogen and oxygen atoms in total. The van der Waals surface area contributed by atoms with Crippen molar-refractivity contribution in [2.75, 3.05) is 14.2 Å². The van der Waals surface area contributed by atoms with Gasteiger partial charge in [0.1, 0.15) is 5.82 Å². The molecule has 114 valence electrons. The van der Waals surface area contributed by atoms with Gasteiger partial charge in [0.15, 0.2) is 17.3 Å². The van der Waals surface area contributed by atoms with Gasteiger partial charge in [0.05, 0.1) is 25.7 Å². The summed E-state index contributed by atoms with van der Waals surface area (Å²) in [5.74, 6) is -3.22. The molecule has 1 aliphatic carbocycles. The third kappa shape index (κ3) is 2.84. The molecule has 1 aromatic rings. The van der Waals surface area contributed by atoms with Crippen molar-refractivity contribution in [1.82, 2.24) is 0 Å². The van der Waals surface area contributed by atoms with Crippen molar-refractivity contribution >= 4 is 11.8 Å². The molecule has 1 saturated carbocycles. The smallest absolute Gasteiger partial charge is 0.307 e. The van der Waals surface area contributed by atoms with Crippen LogP contribution in [-0.2, 0) is 4.79 Å². The number of carbonyl (C=O) groups is 2. The summed E-state index contributed by atoms with van der Waals surface area (Å²) in [6, 6.07) is 2.35. The molecular weight excluding hydrogens is 279 g/mol. The van der Waals surface area contributed by atoms with Crippen LogP contribution >= 0.6 is 0 Å². The molecule has 0 bridgehead atoms. The van der Waals surface area contributed by atoms with Crippen LogP contribution in [0.25, 0.3) is 0 Å². The van der Waals surface area contributed by atoms with Gasteiger partial charge in [0, 0.05) is 12.0 Å². The van der Waals surface area contributed by atoms with Crippen molar-refractivity contribution in [3.8, 4) is 11.5 Å². The van der Waals surface area contributed by atoms with E-state index in [0.29, 0.717) is 19.3 Å². The van der Waals surface area contributed by atoms with Crippen molar-refractivity contribution < 1.29 is 28.6 Å².